The first kappa shape index (κ1) is 16.0. The Hall–Kier alpha value is -1.06. The van der Waals surface area contributed by atoms with Crippen molar-refractivity contribution in [3.05, 3.63) is 28.8 Å². The van der Waals surface area contributed by atoms with Gasteiger partial charge in [0.05, 0.1) is 19.3 Å². The first-order chi connectivity index (χ1) is 8.92. The third-order valence-corrected chi connectivity index (χ3v) is 3.99. The number of methoxy groups -OCH3 is 1. The fourth-order valence-electron chi connectivity index (χ4n) is 2.49. The highest BCUT2D eigenvalue weighted by molar-refractivity contribution is 5.44. The minimum atomic E-state index is -0.665. The molecule has 0 amide bonds. The van der Waals surface area contributed by atoms with Crippen LogP contribution in [0, 0.1) is 13.8 Å². The normalized spacial score (nSPS) is 15.9. The highest BCUT2D eigenvalue weighted by Gasteiger charge is 2.20. The van der Waals surface area contributed by atoms with E-state index in [1.54, 1.807) is 7.11 Å². The van der Waals surface area contributed by atoms with E-state index < -0.39 is 12.2 Å². The molecule has 0 saturated carbocycles. The van der Waals surface area contributed by atoms with E-state index >= 15 is 0 Å². The van der Waals surface area contributed by atoms with E-state index in [9.17, 15) is 10.2 Å². The van der Waals surface area contributed by atoms with Crippen LogP contribution in [0.5, 0.6) is 5.75 Å². The predicted molar refractivity (Wildman–Crippen MR) is 77.8 cm³/mol. The summed E-state index contributed by atoms with van der Waals surface area (Å²) in [5.74, 6) is 1.10. The molecule has 0 saturated heterocycles. The Morgan fingerprint density at radius 2 is 1.74 bits per heavy atom. The molecule has 3 unspecified atom stereocenters. The monoisotopic (exact) mass is 266 g/mol. The van der Waals surface area contributed by atoms with Crippen LogP contribution < -0.4 is 4.74 Å². The lowest BCUT2D eigenvalue weighted by atomic mass is 9.88. The molecule has 0 heterocycles. The van der Waals surface area contributed by atoms with Gasteiger partial charge in [0.1, 0.15) is 5.75 Å². The summed E-state index contributed by atoms with van der Waals surface area (Å²) in [5, 5.41) is 19.6. The Morgan fingerprint density at radius 1 is 1.11 bits per heavy atom. The van der Waals surface area contributed by atoms with E-state index in [0.29, 0.717) is 12.8 Å². The molecule has 1 rings (SSSR count). The van der Waals surface area contributed by atoms with E-state index in [1.807, 2.05) is 19.9 Å². The maximum Gasteiger partial charge on any atom is 0.122 e. The average Bonchev–Trinajstić information content (AvgIpc) is 2.40. The van der Waals surface area contributed by atoms with Gasteiger partial charge in [-0.3, -0.25) is 0 Å². The van der Waals surface area contributed by atoms with Crippen molar-refractivity contribution in [3.63, 3.8) is 0 Å². The SMILES string of the molecule is CCC(O)C(O)CC(C)c1ccc(OC)c(C)c1C. The first-order valence-corrected chi connectivity index (χ1v) is 6.92. The lowest BCUT2D eigenvalue weighted by molar-refractivity contribution is 0.00950. The highest BCUT2D eigenvalue weighted by Crippen LogP contribution is 2.31. The van der Waals surface area contributed by atoms with E-state index in [1.165, 1.54) is 11.1 Å². The van der Waals surface area contributed by atoms with Crippen molar-refractivity contribution in [1.29, 1.82) is 0 Å². The largest absolute Gasteiger partial charge is 0.496 e. The van der Waals surface area contributed by atoms with Crippen LogP contribution in [0.1, 0.15) is 49.3 Å². The molecule has 0 aliphatic carbocycles. The quantitative estimate of drug-likeness (QED) is 0.832. The zero-order valence-electron chi connectivity index (χ0n) is 12.6. The standard InChI is InChI=1S/C16H26O3/c1-6-14(17)15(18)9-10(2)13-7-8-16(19-5)12(4)11(13)3/h7-8,10,14-15,17-18H,6,9H2,1-5H3. The second-order valence-electron chi connectivity index (χ2n) is 5.29. The molecule has 0 aromatic heterocycles. The third-order valence-electron chi connectivity index (χ3n) is 3.99. The smallest absolute Gasteiger partial charge is 0.122 e. The molecule has 108 valence electrons. The molecule has 3 atom stereocenters. The average molecular weight is 266 g/mol. The Kier molecular flexibility index (Phi) is 5.83. The lowest BCUT2D eigenvalue weighted by Gasteiger charge is -2.23. The van der Waals surface area contributed by atoms with E-state index in [-0.39, 0.29) is 5.92 Å². The van der Waals surface area contributed by atoms with Crippen molar-refractivity contribution >= 4 is 0 Å². The molecular weight excluding hydrogens is 240 g/mol. The van der Waals surface area contributed by atoms with Gasteiger partial charge in [-0.15, -0.1) is 0 Å². The summed E-state index contributed by atoms with van der Waals surface area (Å²) in [6.07, 6.45) is -0.153. The van der Waals surface area contributed by atoms with Gasteiger partial charge in [-0.2, -0.15) is 0 Å². The summed E-state index contributed by atoms with van der Waals surface area (Å²) in [4.78, 5) is 0. The number of hydrogen-bond acceptors (Lipinski definition) is 3. The molecule has 0 bridgehead atoms. The van der Waals surface area contributed by atoms with Gasteiger partial charge in [-0.1, -0.05) is 19.9 Å². The molecule has 3 heteroatoms. The molecule has 1 aromatic rings. The molecule has 3 nitrogen and oxygen atoms in total. The summed E-state index contributed by atoms with van der Waals surface area (Å²) < 4.78 is 5.31. The van der Waals surface area contributed by atoms with Gasteiger partial charge in [-0.25, -0.2) is 0 Å². The number of ether oxygens (including phenoxy) is 1. The van der Waals surface area contributed by atoms with Gasteiger partial charge in [0.2, 0.25) is 0 Å². The van der Waals surface area contributed by atoms with Gasteiger partial charge >= 0.3 is 0 Å². The van der Waals surface area contributed by atoms with Crippen molar-refractivity contribution < 1.29 is 14.9 Å². The molecule has 0 spiro atoms. The fourth-order valence-corrected chi connectivity index (χ4v) is 2.49. The minimum Gasteiger partial charge on any atom is -0.496 e. The summed E-state index contributed by atoms with van der Waals surface area (Å²) in [6, 6.07) is 4.02. The second kappa shape index (κ2) is 6.92. The molecular formula is C16H26O3. The van der Waals surface area contributed by atoms with Crippen LogP contribution in [0.25, 0.3) is 0 Å². The molecule has 2 N–H and O–H groups in total. The molecule has 0 radical (unpaired) electrons. The van der Waals surface area contributed by atoms with Crippen LogP contribution in [0.15, 0.2) is 12.1 Å². The number of aliphatic hydroxyl groups excluding tert-OH is 2. The van der Waals surface area contributed by atoms with Crippen LogP contribution >= 0.6 is 0 Å². The van der Waals surface area contributed by atoms with Gasteiger partial charge in [0.25, 0.3) is 0 Å². The Balaban J connectivity index is 2.89. The van der Waals surface area contributed by atoms with Crippen LogP contribution in [-0.4, -0.2) is 29.5 Å². The summed E-state index contributed by atoms with van der Waals surface area (Å²) in [5.41, 5.74) is 3.54. The highest BCUT2D eigenvalue weighted by atomic mass is 16.5. The van der Waals surface area contributed by atoms with Crippen LogP contribution in [0.3, 0.4) is 0 Å². The molecule has 0 fully saturated rings. The maximum absolute atomic E-state index is 9.94. The fraction of sp³-hybridized carbons (Fsp3) is 0.625. The molecule has 0 aliphatic heterocycles. The zero-order valence-corrected chi connectivity index (χ0v) is 12.6. The van der Waals surface area contributed by atoms with Crippen molar-refractivity contribution in [2.45, 2.75) is 58.7 Å². The number of hydrogen-bond donors (Lipinski definition) is 2. The van der Waals surface area contributed by atoms with Gasteiger partial charge in [-0.05, 0) is 55.4 Å². The van der Waals surface area contributed by atoms with Crippen molar-refractivity contribution in [2.24, 2.45) is 0 Å². The molecule has 0 aliphatic rings. The third kappa shape index (κ3) is 3.71. The van der Waals surface area contributed by atoms with Gasteiger partial charge in [0.15, 0.2) is 0 Å². The van der Waals surface area contributed by atoms with E-state index in [4.69, 9.17) is 4.74 Å². The van der Waals surface area contributed by atoms with Crippen molar-refractivity contribution in [1.82, 2.24) is 0 Å². The summed E-state index contributed by atoms with van der Waals surface area (Å²) in [6.45, 7) is 8.08. The van der Waals surface area contributed by atoms with E-state index in [2.05, 4.69) is 19.9 Å². The predicted octanol–water partition coefficient (Wildman–Crippen LogP) is 2.94. The summed E-state index contributed by atoms with van der Waals surface area (Å²) >= 11 is 0. The Morgan fingerprint density at radius 3 is 2.26 bits per heavy atom. The van der Waals surface area contributed by atoms with Crippen molar-refractivity contribution in [2.75, 3.05) is 7.11 Å². The first-order valence-electron chi connectivity index (χ1n) is 6.92. The van der Waals surface area contributed by atoms with E-state index in [0.717, 1.165) is 11.3 Å². The topological polar surface area (TPSA) is 49.7 Å². The number of benzene rings is 1. The second-order valence-corrected chi connectivity index (χ2v) is 5.29. The summed E-state index contributed by atoms with van der Waals surface area (Å²) in [7, 11) is 1.67. The van der Waals surface area contributed by atoms with Gasteiger partial charge in [0, 0.05) is 0 Å². The Labute approximate surface area is 116 Å². The lowest BCUT2D eigenvalue weighted by Crippen LogP contribution is -2.26. The number of rotatable bonds is 6. The van der Waals surface area contributed by atoms with Crippen molar-refractivity contribution in [3.8, 4) is 5.75 Å². The zero-order chi connectivity index (χ0) is 14.6. The molecule has 1 aromatic carbocycles. The maximum atomic E-state index is 9.94. The van der Waals surface area contributed by atoms with Gasteiger partial charge < -0.3 is 14.9 Å². The number of aliphatic hydroxyl groups is 2. The minimum absolute atomic E-state index is 0.209. The van der Waals surface area contributed by atoms with Crippen LogP contribution in [0.4, 0.5) is 0 Å². The molecule has 19 heavy (non-hydrogen) atoms. The Bertz CT molecular complexity index is 415. The van der Waals surface area contributed by atoms with Crippen LogP contribution in [-0.2, 0) is 0 Å². The van der Waals surface area contributed by atoms with Crippen LogP contribution in [0.2, 0.25) is 0 Å².